The SMILES string of the molecule is Cc1cc(Nc2ccc(N(C)C)cc2)nc(N2CCCc3ccccc32)n1. The highest BCUT2D eigenvalue weighted by Crippen LogP contribution is 2.32. The van der Waals surface area contributed by atoms with Crippen molar-refractivity contribution in [1.29, 1.82) is 0 Å². The molecule has 2 heterocycles. The van der Waals surface area contributed by atoms with Crippen molar-refractivity contribution < 1.29 is 0 Å². The smallest absolute Gasteiger partial charge is 0.232 e. The van der Waals surface area contributed by atoms with Crippen molar-refractivity contribution in [3.8, 4) is 0 Å². The van der Waals surface area contributed by atoms with Crippen molar-refractivity contribution in [3.63, 3.8) is 0 Å². The summed E-state index contributed by atoms with van der Waals surface area (Å²) in [6, 6.07) is 18.9. The van der Waals surface area contributed by atoms with Crippen LogP contribution in [0.3, 0.4) is 0 Å². The van der Waals surface area contributed by atoms with Gasteiger partial charge in [0.25, 0.3) is 0 Å². The second kappa shape index (κ2) is 7.27. The van der Waals surface area contributed by atoms with Crippen LogP contribution in [0.5, 0.6) is 0 Å². The average Bonchev–Trinajstić information content (AvgIpc) is 2.67. The van der Waals surface area contributed by atoms with Crippen molar-refractivity contribution in [2.45, 2.75) is 19.8 Å². The molecule has 5 nitrogen and oxygen atoms in total. The summed E-state index contributed by atoms with van der Waals surface area (Å²) in [5.74, 6) is 1.58. The van der Waals surface area contributed by atoms with Crippen molar-refractivity contribution in [1.82, 2.24) is 9.97 Å². The number of nitrogens with one attached hydrogen (secondary N) is 1. The molecule has 1 aliphatic rings. The van der Waals surface area contributed by atoms with Crippen molar-refractivity contribution >= 4 is 28.8 Å². The number of fused-ring (bicyclic) bond motifs is 1. The molecule has 0 atom stereocenters. The zero-order chi connectivity index (χ0) is 18.8. The quantitative estimate of drug-likeness (QED) is 0.733. The predicted molar refractivity (Wildman–Crippen MR) is 113 cm³/mol. The topological polar surface area (TPSA) is 44.3 Å². The monoisotopic (exact) mass is 359 g/mol. The number of aromatic nitrogens is 2. The molecule has 1 N–H and O–H groups in total. The van der Waals surface area contributed by atoms with Crippen molar-refractivity contribution in [2.24, 2.45) is 0 Å². The molecule has 0 aliphatic carbocycles. The van der Waals surface area contributed by atoms with Gasteiger partial charge >= 0.3 is 0 Å². The molecule has 0 fully saturated rings. The van der Waals surface area contributed by atoms with Crippen molar-refractivity contribution in [2.75, 3.05) is 35.8 Å². The fraction of sp³-hybridized carbons (Fsp3) is 0.273. The second-order valence-corrected chi connectivity index (χ2v) is 7.14. The van der Waals surface area contributed by atoms with Crippen LogP contribution < -0.4 is 15.1 Å². The van der Waals surface area contributed by atoms with Crippen LogP contribution in [0.15, 0.2) is 54.6 Å². The summed E-state index contributed by atoms with van der Waals surface area (Å²) in [6.45, 7) is 2.96. The minimum Gasteiger partial charge on any atom is -0.378 e. The van der Waals surface area contributed by atoms with Crippen molar-refractivity contribution in [3.05, 3.63) is 65.9 Å². The molecular weight excluding hydrogens is 334 g/mol. The van der Waals surface area contributed by atoms with Gasteiger partial charge in [-0.1, -0.05) is 18.2 Å². The molecule has 0 saturated heterocycles. The highest BCUT2D eigenvalue weighted by Gasteiger charge is 2.20. The van der Waals surface area contributed by atoms with Crippen LogP contribution in [0.25, 0.3) is 0 Å². The van der Waals surface area contributed by atoms with Gasteiger partial charge in [-0.15, -0.1) is 0 Å². The van der Waals surface area contributed by atoms with E-state index in [1.165, 1.54) is 16.9 Å². The first-order valence-corrected chi connectivity index (χ1v) is 9.36. The Morgan fingerprint density at radius 2 is 1.78 bits per heavy atom. The van der Waals surface area contributed by atoms with E-state index in [-0.39, 0.29) is 0 Å². The first kappa shape index (κ1) is 17.3. The van der Waals surface area contributed by atoms with Gasteiger partial charge in [0.05, 0.1) is 0 Å². The maximum absolute atomic E-state index is 4.80. The molecule has 0 bridgehead atoms. The lowest BCUT2D eigenvalue weighted by atomic mass is 10.0. The molecule has 0 unspecified atom stereocenters. The normalized spacial score (nSPS) is 13.2. The summed E-state index contributed by atoms with van der Waals surface area (Å²) in [4.78, 5) is 13.8. The summed E-state index contributed by atoms with van der Waals surface area (Å²) < 4.78 is 0. The van der Waals surface area contributed by atoms with Crippen LogP contribution in [0.1, 0.15) is 17.7 Å². The number of para-hydroxylation sites is 1. The minimum atomic E-state index is 0.759. The zero-order valence-corrected chi connectivity index (χ0v) is 16.1. The summed E-state index contributed by atoms with van der Waals surface area (Å²) >= 11 is 0. The number of benzene rings is 2. The molecule has 0 saturated carbocycles. The van der Waals surface area contributed by atoms with Gasteiger partial charge < -0.3 is 15.1 Å². The molecule has 27 heavy (non-hydrogen) atoms. The third kappa shape index (κ3) is 3.72. The highest BCUT2D eigenvalue weighted by molar-refractivity contribution is 5.66. The molecule has 1 aromatic heterocycles. The number of hydrogen-bond donors (Lipinski definition) is 1. The molecular formula is C22H25N5. The average molecular weight is 359 g/mol. The van der Waals surface area contributed by atoms with Crippen LogP contribution in [0.4, 0.5) is 28.8 Å². The third-order valence-electron chi connectivity index (χ3n) is 4.85. The summed E-state index contributed by atoms with van der Waals surface area (Å²) in [6.07, 6.45) is 2.23. The highest BCUT2D eigenvalue weighted by atomic mass is 15.3. The van der Waals surface area contributed by atoms with E-state index in [9.17, 15) is 0 Å². The molecule has 0 spiro atoms. The Morgan fingerprint density at radius 3 is 2.56 bits per heavy atom. The zero-order valence-electron chi connectivity index (χ0n) is 16.1. The number of hydrogen-bond acceptors (Lipinski definition) is 5. The van der Waals surface area contributed by atoms with Gasteiger partial charge in [-0.3, -0.25) is 0 Å². The van der Waals surface area contributed by atoms with Gasteiger partial charge in [-0.05, 0) is 55.7 Å². The first-order chi connectivity index (χ1) is 13.1. The Kier molecular flexibility index (Phi) is 4.67. The number of anilines is 5. The van der Waals surface area contributed by atoms with Gasteiger partial charge in [-0.2, -0.15) is 4.98 Å². The largest absolute Gasteiger partial charge is 0.378 e. The van der Waals surface area contributed by atoms with E-state index in [2.05, 4.69) is 63.6 Å². The molecule has 3 aromatic rings. The van der Waals surface area contributed by atoms with Gasteiger partial charge in [0, 0.05) is 49.5 Å². The molecule has 1 aliphatic heterocycles. The van der Waals surface area contributed by atoms with E-state index in [1.54, 1.807) is 0 Å². The van der Waals surface area contributed by atoms with Crippen LogP contribution in [-0.2, 0) is 6.42 Å². The van der Waals surface area contributed by atoms with E-state index in [0.29, 0.717) is 0 Å². The Labute approximate surface area is 160 Å². The first-order valence-electron chi connectivity index (χ1n) is 9.36. The standard InChI is InChI=1S/C22H25N5/c1-16-15-21(24-18-10-12-19(13-11-18)26(2)3)25-22(23-16)27-14-6-8-17-7-4-5-9-20(17)27/h4-5,7,9-13,15H,6,8,14H2,1-3H3,(H,23,24,25). The van der Waals surface area contributed by atoms with Crippen LogP contribution >= 0.6 is 0 Å². The molecule has 4 rings (SSSR count). The summed E-state index contributed by atoms with van der Waals surface area (Å²) in [5.41, 5.74) is 5.72. The molecule has 5 heteroatoms. The van der Waals surface area contributed by atoms with E-state index in [0.717, 1.165) is 42.5 Å². The number of nitrogens with zero attached hydrogens (tertiary/aromatic N) is 4. The van der Waals surface area contributed by atoms with Gasteiger partial charge in [0.1, 0.15) is 5.82 Å². The van der Waals surface area contributed by atoms with E-state index in [4.69, 9.17) is 9.97 Å². The number of aryl methyl sites for hydroxylation is 2. The number of rotatable bonds is 4. The Hall–Kier alpha value is -3.08. The molecule has 138 valence electrons. The van der Waals surface area contributed by atoms with Crippen LogP contribution in [0, 0.1) is 6.92 Å². The van der Waals surface area contributed by atoms with Crippen LogP contribution in [0.2, 0.25) is 0 Å². The second-order valence-electron chi connectivity index (χ2n) is 7.14. The van der Waals surface area contributed by atoms with Gasteiger partial charge in [0.15, 0.2) is 0 Å². The lowest BCUT2D eigenvalue weighted by Crippen LogP contribution is -2.26. The molecule has 0 amide bonds. The van der Waals surface area contributed by atoms with E-state index >= 15 is 0 Å². The Bertz CT molecular complexity index is 934. The Balaban J connectivity index is 1.63. The lowest BCUT2D eigenvalue weighted by Gasteiger charge is -2.29. The van der Waals surface area contributed by atoms with Gasteiger partial charge in [0.2, 0.25) is 5.95 Å². The molecule has 0 radical (unpaired) electrons. The Morgan fingerprint density at radius 1 is 1.00 bits per heavy atom. The maximum Gasteiger partial charge on any atom is 0.232 e. The van der Waals surface area contributed by atoms with Crippen LogP contribution in [-0.4, -0.2) is 30.6 Å². The van der Waals surface area contributed by atoms with E-state index in [1.807, 2.05) is 27.1 Å². The maximum atomic E-state index is 4.80. The fourth-order valence-corrected chi connectivity index (χ4v) is 3.47. The third-order valence-corrected chi connectivity index (χ3v) is 4.85. The summed E-state index contributed by atoms with van der Waals surface area (Å²) in [5, 5.41) is 3.42. The summed E-state index contributed by atoms with van der Waals surface area (Å²) in [7, 11) is 4.08. The molecule has 2 aromatic carbocycles. The minimum absolute atomic E-state index is 0.759. The predicted octanol–water partition coefficient (Wildman–Crippen LogP) is 4.68. The lowest BCUT2D eigenvalue weighted by molar-refractivity contribution is 0.749. The fourth-order valence-electron chi connectivity index (χ4n) is 3.47. The van der Waals surface area contributed by atoms with Gasteiger partial charge in [-0.25, -0.2) is 4.98 Å². The van der Waals surface area contributed by atoms with E-state index < -0.39 is 0 Å².